The monoisotopic (exact) mass is 432 g/mol. The number of fused-ring (bicyclic) bond motifs is 2. The van der Waals surface area contributed by atoms with E-state index in [0.717, 1.165) is 66.4 Å². The van der Waals surface area contributed by atoms with Gasteiger partial charge in [-0.15, -0.1) is 0 Å². The lowest BCUT2D eigenvalue weighted by Crippen LogP contribution is -2.42. The Morgan fingerprint density at radius 2 is 1.81 bits per heavy atom. The number of aryl methyl sites for hydroxylation is 1. The van der Waals surface area contributed by atoms with Gasteiger partial charge in [-0.3, -0.25) is 4.79 Å². The average Bonchev–Trinajstić information content (AvgIpc) is 2.84. The fourth-order valence-electron chi connectivity index (χ4n) is 4.41. The Balaban J connectivity index is 1.10. The highest BCUT2D eigenvalue weighted by Gasteiger charge is 2.27. The van der Waals surface area contributed by atoms with Crippen LogP contribution >= 0.6 is 0 Å². The van der Waals surface area contributed by atoms with Crippen LogP contribution in [0.3, 0.4) is 0 Å². The van der Waals surface area contributed by atoms with E-state index in [0.29, 0.717) is 13.2 Å². The summed E-state index contributed by atoms with van der Waals surface area (Å²) >= 11 is 0. The van der Waals surface area contributed by atoms with Gasteiger partial charge in [-0.2, -0.15) is 0 Å². The normalized spacial score (nSPS) is 18.5. The van der Waals surface area contributed by atoms with E-state index in [-0.39, 0.29) is 17.9 Å². The molecule has 1 unspecified atom stereocenters. The van der Waals surface area contributed by atoms with E-state index >= 15 is 0 Å². The molecule has 2 aromatic carbocycles. The summed E-state index contributed by atoms with van der Waals surface area (Å²) in [5, 5.41) is 4.17. The van der Waals surface area contributed by atoms with Gasteiger partial charge in [0.2, 0.25) is 11.9 Å². The van der Waals surface area contributed by atoms with E-state index in [2.05, 4.69) is 10.2 Å². The van der Waals surface area contributed by atoms with Gasteiger partial charge in [-0.05, 0) is 38.0 Å². The fourth-order valence-corrected chi connectivity index (χ4v) is 4.41. The van der Waals surface area contributed by atoms with Gasteiger partial charge < -0.3 is 19.7 Å². The van der Waals surface area contributed by atoms with Crippen LogP contribution in [-0.2, 0) is 4.79 Å². The Morgan fingerprint density at radius 3 is 2.66 bits per heavy atom. The summed E-state index contributed by atoms with van der Waals surface area (Å²) in [6.07, 6.45) is 2.29. The molecule has 32 heavy (non-hydrogen) atoms. The Morgan fingerprint density at radius 1 is 1.06 bits per heavy atom. The summed E-state index contributed by atoms with van der Waals surface area (Å²) in [5.41, 5.74) is 1.95. The number of piperidine rings is 1. The number of ether oxygens (including phenoxy) is 2. The van der Waals surface area contributed by atoms with E-state index in [1.807, 2.05) is 55.5 Å². The topological polar surface area (TPSA) is 76.6 Å². The molecule has 1 fully saturated rings. The SMILES string of the molecule is Cc1nc(N2CCC(C(=O)NCCC3COc4ccccc4O3)CC2)nc2ccccc12. The van der Waals surface area contributed by atoms with Gasteiger partial charge >= 0.3 is 0 Å². The number of hydrogen-bond donors (Lipinski definition) is 1. The highest BCUT2D eigenvalue weighted by molar-refractivity contribution is 5.82. The molecule has 1 atom stereocenters. The van der Waals surface area contributed by atoms with Crippen LogP contribution in [0.4, 0.5) is 5.95 Å². The first-order chi connectivity index (χ1) is 15.7. The lowest BCUT2D eigenvalue weighted by molar-refractivity contribution is -0.125. The second-order valence-corrected chi connectivity index (χ2v) is 8.46. The lowest BCUT2D eigenvalue weighted by Gasteiger charge is -2.32. The van der Waals surface area contributed by atoms with Gasteiger partial charge in [0, 0.05) is 37.4 Å². The average molecular weight is 433 g/mol. The zero-order chi connectivity index (χ0) is 21.9. The lowest BCUT2D eigenvalue weighted by atomic mass is 9.96. The molecule has 166 valence electrons. The Kier molecular flexibility index (Phi) is 5.79. The molecule has 1 saturated heterocycles. The Labute approximate surface area is 187 Å². The van der Waals surface area contributed by atoms with Crippen LogP contribution in [0.15, 0.2) is 48.5 Å². The second-order valence-electron chi connectivity index (χ2n) is 8.46. The van der Waals surface area contributed by atoms with Gasteiger partial charge in [0.1, 0.15) is 12.7 Å². The molecule has 0 bridgehead atoms. The molecule has 0 aliphatic carbocycles. The number of para-hydroxylation sites is 3. The molecule has 0 saturated carbocycles. The van der Waals surface area contributed by atoms with Crippen molar-refractivity contribution < 1.29 is 14.3 Å². The second kappa shape index (κ2) is 9.02. The van der Waals surface area contributed by atoms with E-state index in [1.54, 1.807) is 0 Å². The first-order valence-corrected chi connectivity index (χ1v) is 11.3. The van der Waals surface area contributed by atoms with Crippen molar-refractivity contribution in [3.63, 3.8) is 0 Å². The number of amides is 1. The van der Waals surface area contributed by atoms with E-state index in [1.165, 1.54) is 0 Å². The van der Waals surface area contributed by atoms with Crippen LogP contribution in [0.2, 0.25) is 0 Å². The molecule has 3 aromatic rings. The summed E-state index contributed by atoms with van der Waals surface area (Å²) in [6.45, 7) is 4.69. The maximum Gasteiger partial charge on any atom is 0.226 e. The van der Waals surface area contributed by atoms with Crippen molar-refractivity contribution >= 4 is 22.8 Å². The van der Waals surface area contributed by atoms with Gasteiger partial charge in [0.05, 0.1) is 11.2 Å². The fraction of sp³-hybridized carbons (Fsp3) is 0.400. The van der Waals surface area contributed by atoms with Crippen molar-refractivity contribution in [1.29, 1.82) is 0 Å². The number of anilines is 1. The molecule has 0 radical (unpaired) electrons. The maximum absolute atomic E-state index is 12.7. The van der Waals surface area contributed by atoms with Crippen LogP contribution in [0.1, 0.15) is 25.0 Å². The first-order valence-electron chi connectivity index (χ1n) is 11.3. The molecular formula is C25H28N4O3. The van der Waals surface area contributed by atoms with Crippen LogP contribution in [-0.4, -0.2) is 48.2 Å². The third-order valence-corrected chi connectivity index (χ3v) is 6.26. The van der Waals surface area contributed by atoms with Crippen molar-refractivity contribution in [2.45, 2.75) is 32.3 Å². The number of aromatic nitrogens is 2. The number of benzene rings is 2. The van der Waals surface area contributed by atoms with Crippen molar-refractivity contribution in [2.24, 2.45) is 5.92 Å². The molecule has 3 heterocycles. The number of nitrogens with zero attached hydrogens (tertiary/aromatic N) is 3. The minimum atomic E-state index is -0.0414. The first kappa shape index (κ1) is 20.5. The van der Waals surface area contributed by atoms with E-state index in [4.69, 9.17) is 19.4 Å². The van der Waals surface area contributed by atoms with Gasteiger partial charge in [-0.25, -0.2) is 9.97 Å². The summed E-state index contributed by atoms with van der Waals surface area (Å²) < 4.78 is 11.7. The molecule has 0 spiro atoms. The van der Waals surface area contributed by atoms with Crippen LogP contribution in [0.5, 0.6) is 11.5 Å². The van der Waals surface area contributed by atoms with Gasteiger partial charge in [0.15, 0.2) is 11.5 Å². The third-order valence-electron chi connectivity index (χ3n) is 6.26. The summed E-state index contributed by atoms with van der Waals surface area (Å²) in [7, 11) is 0. The van der Waals surface area contributed by atoms with Crippen LogP contribution < -0.4 is 19.7 Å². The smallest absolute Gasteiger partial charge is 0.226 e. The molecule has 2 aliphatic rings. The maximum atomic E-state index is 12.7. The zero-order valence-corrected chi connectivity index (χ0v) is 18.3. The number of carbonyl (C=O) groups excluding carboxylic acids is 1. The van der Waals surface area contributed by atoms with Crippen molar-refractivity contribution in [3.05, 3.63) is 54.2 Å². The molecule has 7 nitrogen and oxygen atoms in total. The number of carbonyl (C=O) groups is 1. The summed E-state index contributed by atoms with van der Waals surface area (Å²) in [4.78, 5) is 24.3. The van der Waals surface area contributed by atoms with Gasteiger partial charge in [-0.1, -0.05) is 30.3 Å². The molecule has 2 aliphatic heterocycles. The van der Waals surface area contributed by atoms with Crippen molar-refractivity contribution in [3.8, 4) is 11.5 Å². The molecular weight excluding hydrogens is 404 g/mol. The largest absolute Gasteiger partial charge is 0.486 e. The number of hydrogen-bond acceptors (Lipinski definition) is 6. The van der Waals surface area contributed by atoms with Crippen LogP contribution in [0.25, 0.3) is 10.9 Å². The van der Waals surface area contributed by atoms with E-state index < -0.39 is 0 Å². The predicted octanol–water partition coefficient (Wildman–Crippen LogP) is 3.50. The minimum Gasteiger partial charge on any atom is -0.486 e. The van der Waals surface area contributed by atoms with E-state index in [9.17, 15) is 4.79 Å². The molecule has 1 aromatic heterocycles. The molecule has 5 rings (SSSR count). The zero-order valence-electron chi connectivity index (χ0n) is 18.3. The predicted molar refractivity (Wildman–Crippen MR) is 123 cm³/mol. The number of rotatable bonds is 5. The highest BCUT2D eigenvalue weighted by atomic mass is 16.6. The number of nitrogens with one attached hydrogen (secondary N) is 1. The minimum absolute atomic E-state index is 0.0250. The molecule has 1 amide bonds. The summed E-state index contributed by atoms with van der Waals surface area (Å²) in [5.74, 6) is 2.46. The quantitative estimate of drug-likeness (QED) is 0.665. The molecule has 1 N–H and O–H groups in total. The Hall–Kier alpha value is -3.35. The molecule has 7 heteroatoms. The van der Waals surface area contributed by atoms with Crippen LogP contribution in [0, 0.1) is 12.8 Å². The van der Waals surface area contributed by atoms with Crippen molar-refractivity contribution in [1.82, 2.24) is 15.3 Å². The van der Waals surface area contributed by atoms with Gasteiger partial charge in [0.25, 0.3) is 0 Å². The standard InChI is InChI=1S/C25H28N4O3/c1-17-20-6-2-3-7-21(20)28-25(27-17)29-14-11-18(12-15-29)24(30)26-13-10-19-16-31-22-8-4-5-9-23(22)32-19/h2-9,18-19H,10-16H2,1H3,(H,26,30). The highest BCUT2D eigenvalue weighted by Crippen LogP contribution is 2.31. The third kappa shape index (κ3) is 4.33. The Bertz CT molecular complexity index is 1110. The summed E-state index contributed by atoms with van der Waals surface area (Å²) in [6, 6.07) is 15.8. The van der Waals surface area contributed by atoms with Crippen molar-refractivity contribution in [2.75, 3.05) is 31.1 Å².